The van der Waals surface area contributed by atoms with E-state index in [4.69, 9.17) is 16.3 Å². The van der Waals surface area contributed by atoms with Gasteiger partial charge in [-0.2, -0.15) is 0 Å². The summed E-state index contributed by atoms with van der Waals surface area (Å²) >= 11 is 5.95. The highest BCUT2D eigenvalue weighted by Gasteiger charge is 2.30. The number of sulfonamides is 1. The maximum absolute atomic E-state index is 13.4. The van der Waals surface area contributed by atoms with E-state index in [0.29, 0.717) is 42.6 Å². The second-order valence-electron chi connectivity index (χ2n) is 6.69. The van der Waals surface area contributed by atoms with E-state index in [1.165, 1.54) is 19.2 Å². The van der Waals surface area contributed by atoms with E-state index in [9.17, 15) is 18.0 Å². The predicted molar refractivity (Wildman–Crippen MR) is 113 cm³/mol. The van der Waals surface area contributed by atoms with Crippen LogP contribution in [0.4, 0.5) is 5.69 Å². The fourth-order valence-electron chi connectivity index (χ4n) is 3.10. The fraction of sp³-hybridized carbons (Fsp3) is 0.300. The SMILES string of the molecule is COc1ccc(S(=O)(=O)N(CC(=O)N2CCN(C=O)CC2)c2ccc(Cl)cc2)cc1. The number of piperazine rings is 1. The largest absolute Gasteiger partial charge is 0.497 e. The van der Waals surface area contributed by atoms with Crippen molar-refractivity contribution in [3.8, 4) is 5.75 Å². The third kappa shape index (κ3) is 4.85. The number of hydrogen-bond acceptors (Lipinski definition) is 5. The zero-order valence-corrected chi connectivity index (χ0v) is 18.0. The summed E-state index contributed by atoms with van der Waals surface area (Å²) in [6.45, 7) is 1.18. The Hall–Kier alpha value is -2.78. The molecule has 0 bridgehead atoms. The van der Waals surface area contributed by atoms with Crippen LogP contribution in [0.3, 0.4) is 0 Å². The molecule has 1 aliphatic heterocycles. The summed E-state index contributed by atoms with van der Waals surface area (Å²) in [6, 6.07) is 12.2. The van der Waals surface area contributed by atoms with E-state index < -0.39 is 10.0 Å². The molecular weight excluding hydrogens is 430 g/mol. The Labute approximate surface area is 180 Å². The maximum atomic E-state index is 13.4. The first-order valence-corrected chi connectivity index (χ1v) is 11.1. The molecule has 0 saturated carbocycles. The highest BCUT2D eigenvalue weighted by Crippen LogP contribution is 2.26. The van der Waals surface area contributed by atoms with Gasteiger partial charge in [0.25, 0.3) is 10.0 Å². The van der Waals surface area contributed by atoms with Crippen molar-refractivity contribution in [1.82, 2.24) is 9.80 Å². The number of anilines is 1. The van der Waals surface area contributed by atoms with Gasteiger partial charge in [0.05, 0.1) is 17.7 Å². The summed E-state index contributed by atoms with van der Waals surface area (Å²) in [6.07, 6.45) is 0.746. The number of amides is 2. The van der Waals surface area contributed by atoms with E-state index in [1.54, 1.807) is 46.2 Å². The second kappa shape index (κ2) is 9.36. The highest BCUT2D eigenvalue weighted by atomic mass is 35.5. The summed E-state index contributed by atoms with van der Waals surface area (Å²) in [4.78, 5) is 26.9. The van der Waals surface area contributed by atoms with Gasteiger partial charge >= 0.3 is 0 Å². The molecule has 8 nitrogen and oxygen atoms in total. The molecule has 1 saturated heterocycles. The van der Waals surface area contributed by atoms with Crippen molar-refractivity contribution in [1.29, 1.82) is 0 Å². The lowest BCUT2D eigenvalue weighted by Crippen LogP contribution is -2.51. The van der Waals surface area contributed by atoms with E-state index in [1.807, 2.05) is 0 Å². The lowest BCUT2D eigenvalue weighted by atomic mass is 10.3. The smallest absolute Gasteiger partial charge is 0.264 e. The van der Waals surface area contributed by atoms with Crippen molar-refractivity contribution in [3.63, 3.8) is 0 Å². The number of rotatable bonds is 7. The number of nitrogens with zero attached hydrogens (tertiary/aromatic N) is 3. The normalized spacial score (nSPS) is 14.3. The van der Waals surface area contributed by atoms with Crippen LogP contribution in [0.5, 0.6) is 5.75 Å². The van der Waals surface area contributed by atoms with Gasteiger partial charge in [-0.25, -0.2) is 8.42 Å². The lowest BCUT2D eigenvalue weighted by molar-refractivity contribution is -0.133. The molecule has 0 radical (unpaired) electrons. The molecule has 2 aromatic carbocycles. The minimum absolute atomic E-state index is 0.0387. The molecule has 1 fully saturated rings. The predicted octanol–water partition coefficient (Wildman–Crippen LogP) is 1.84. The zero-order valence-electron chi connectivity index (χ0n) is 16.4. The number of carbonyl (C=O) groups excluding carboxylic acids is 2. The van der Waals surface area contributed by atoms with Crippen molar-refractivity contribution >= 4 is 39.6 Å². The van der Waals surface area contributed by atoms with E-state index in [-0.39, 0.29) is 17.3 Å². The Bertz CT molecular complexity index is 988. The summed E-state index contributed by atoms with van der Waals surface area (Å²) in [5.74, 6) is 0.184. The third-order valence-electron chi connectivity index (χ3n) is 4.86. The van der Waals surface area contributed by atoms with Crippen LogP contribution < -0.4 is 9.04 Å². The molecule has 10 heteroatoms. The maximum Gasteiger partial charge on any atom is 0.264 e. The molecule has 2 aromatic rings. The number of benzene rings is 2. The standard InChI is InChI=1S/C20H22ClN3O5S/c1-29-18-6-8-19(9-7-18)30(27,28)24(17-4-2-16(21)3-5-17)14-20(26)23-12-10-22(15-25)11-13-23/h2-9,15H,10-14H2,1H3. The number of carbonyl (C=O) groups is 2. The molecule has 1 heterocycles. The van der Waals surface area contributed by atoms with Crippen LogP contribution in [-0.4, -0.2) is 70.4 Å². The van der Waals surface area contributed by atoms with Crippen LogP contribution in [0.1, 0.15) is 0 Å². The van der Waals surface area contributed by atoms with Crippen LogP contribution in [0.15, 0.2) is 53.4 Å². The molecule has 0 N–H and O–H groups in total. The highest BCUT2D eigenvalue weighted by molar-refractivity contribution is 7.92. The summed E-state index contributed by atoms with van der Waals surface area (Å²) in [5, 5.41) is 0.455. The number of halogens is 1. The molecule has 0 atom stereocenters. The minimum Gasteiger partial charge on any atom is -0.497 e. The summed E-state index contributed by atoms with van der Waals surface area (Å²) in [7, 11) is -2.53. The Kier molecular flexibility index (Phi) is 6.84. The van der Waals surface area contributed by atoms with Gasteiger partial charge in [0, 0.05) is 31.2 Å². The molecule has 0 spiro atoms. The van der Waals surface area contributed by atoms with Crippen molar-refractivity contribution < 1.29 is 22.7 Å². The Balaban J connectivity index is 1.89. The third-order valence-corrected chi connectivity index (χ3v) is 6.90. The molecule has 3 rings (SSSR count). The van der Waals surface area contributed by atoms with Gasteiger partial charge in [-0.15, -0.1) is 0 Å². The van der Waals surface area contributed by atoms with E-state index in [0.717, 1.165) is 10.7 Å². The molecule has 0 aliphatic carbocycles. The molecule has 1 aliphatic rings. The summed E-state index contributed by atoms with van der Waals surface area (Å²) in [5.41, 5.74) is 0.329. The second-order valence-corrected chi connectivity index (χ2v) is 8.98. The van der Waals surface area contributed by atoms with Crippen molar-refractivity contribution in [2.24, 2.45) is 0 Å². The van der Waals surface area contributed by atoms with Crippen LogP contribution >= 0.6 is 11.6 Å². The first-order valence-electron chi connectivity index (χ1n) is 9.24. The zero-order chi connectivity index (χ0) is 21.7. The number of hydrogen-bond donors (Lipinski definition) is 0. The van der Waals surface area contributed by atoms with Crippen LogP contribution in [0, 0.1) is 0 Å². The van der Waals surface area contributed by atoms with Crippen LogP contribution in [0.2, 0.25) is 5.02 Å². The Morgan fingerprint density at radius 3 is 2.20 bits per heavy atom. The average molecular weight is 452 g/mol. The van der Waals surface area contributed by atoms with Gasteiger partial charge in [0.2, 0.25) is 12.3 Å². The average Bonchev–Trinajstić information content (AvgIpc) is 2.78. The summed E-state index contributed by atoms with van der Waals surface area (Å²) < 4.78 is 32.9. The Morgan fingerprint density at radius 1 is 1.07 bits per heavy atom. The fourth-order valence-corrected chi connectivity index (χ4v) is 4.64. The monoisotopic (exact) mass is 451 g/mol. The topological polar surface area (TPSA) is 87.2 Å². The van der Waals surface area contributed by atoms with Crippen molar-refractivity contribution in [3.05, 3.63) is 53.6 Å². The molecule has 0 aromatic heterocycles. The minimum atomic E-state index is -4.02. The van der Waals surface area contributed by atoms with Crippen LogP contribution in [-0.2, 0) is 19.6 Å². The van der Waals surface area contributed by atoms with Gasteiger partial charge in [-0.05, 0) is 48.5 Å². The van der Waals surface area contributed by atoms with E-state index in [2.05, 4.69) is 0 Å². The quantitative estimate of drug-likeness (QED) is 0.599. The van der Waals surface area contributed by atoms with Gasteiger partial charge in [-0.3, -0.25) is 13.9 Å². The van der Waals surface area contributed by atoms with Gasteiger partial charge in [0.15, 0.2) is 0 Å². The van der Waals surface area contributed by atoms with E-state index >= 15 is 0 Å². The molecule has 2 amide bonds. The number of methoxy groups -OCH3 is 1. The lowest BCUT2D eigenvalue weighted by Gasteiger charge is -2.34. The number of ether oxygens (including phenoxy) is 1. The first-order chi connectivity index (χ1) is 14.3. The molecule has 160 valence electrons. The van der Waals surface area contributed by atoms with Crippen molar-refractivity contribution in [2.45, 2.75) is 4.90 Å². The molecule has 0 unspecified atom stereocenters. The molecule has 30 heavy (non-hydrogen) atoms. The van der Waals surface area contributed by atoms with Gasteiger partial charge < -0.3 is 14.5 Å². The first kappa shape index (κ1) is 21.9. The van der Waals surface area contributed by atoms with Crippen molar-refractivity contribution in [2.75, 3.05) is 44.1 Å². The van der Waals surface area contributed by atoms with Gasteiger partial charge in [-0.1, -0.05) is 11.6 Å². The Morgan fingerprint density at radius 2 is 1.67 bits per heavy atom. The van der Waals surface area contributed by atoms with Gasteiger partial charge in [0.1, 0.15) is 12.3 Å². The molecular formula is C20H22ClN3O5S. The van der Waals surface area contributed by atoms with Crippen LogP contribution in [0.25, 0.3) is 0 Å².